The van der Waals surface area contributed by atoms with Crippen molar-refractivity contribution in [1.82, 2.24) is 4.98 Å². The summed E-state index contributed by atoms with van der Waals surface area (Å²) >= 11 is 1.55. The smallest absolute Gasteiger partial charge is 0.233 e. The van der Waals surface area contributed by atoms with Gasteiger partial charge in [0.25, 0.3) is 0 Å². The highest BCUT2D eigenvalue weighted by atomic mass is 32.1. The first kappa shape index (κ1) is 14.9. The summed E-state index contributed by atoms with van der Waals surface area (Å²) in [6.07, 6.45) is 5.96. The second-order valence-electron chi connectivity index (χ2n) is 6.98. The predicted octanol–water partition coefficient (Wildman–Crippen LogP) is 4.94. The van der Waals surface area contributed by atoms with E-state index >= 15 is 0 Å². The van der Waals surface area contributed by atoms with Gasteiger partial charge in [-0.1, -0.05) is 24.6 Å². The zero-order valence-electron chi connectivity index (χ0n) is 13.4. The molecule has 2 aliphatic carbocycles. The van der Waals surface area contributed by atoms with Crippen molar-refractivity contribution in [2.24, 2.45) is 17.8 Å². The molecule has 4 rings (SSSR count). The van der Waals surface area contributed by atoms with Crippen molar-refractivity contribution >= 4 is 28.1 Å². The molecule has 3 atom stereocenters. The van der Waals surface area contributed by atoms with Gasteiger partial charge in [-0.05, 0) is 56.1 Å². The van der Waals surface area contributed by atoms with Crippen LogP contribution in [0.5, 0.6) is 0 Å². The van der Waals surface area contributed by atoms with Crippen molar-refractivity contribution < 1.29 is 4.79 Å². The Morgan fingerprint density at radius 2 is 2.09 bits per heavy atom. The van der Waals surface area contributed by atoms with E-state index in [-0.39, 0.29) is 5.91 Å². The summed E-state index contributed by atoms with van der Waals surface area (Å²) in [6, 6.07) is 9.93. The predicted molar refractivity (Wildman–Crippen MR) is 94.0 cm³/mol. The molecule has 23 heavy (non-hydrogen) atoms. The minimum Gasteiger partial charge on any atom is -0.274 e. The number of carbonyl (C=O) groups excluding carboxylic acids is 1. The van der Waals surface area contributed by atoms with E-state index in [0.29, 0.717) is 12.3 Å². The molecular formula is C19H22N2OS. The number of fused-ring (bicyclic) bond motifs is 2. The van der Waals surface area contributed by atoms with Crippen LogP contribution in [0.1, 0.15) is 37.8 Å². The minimum atomic E-state index is 0.197. The Morgan fingerprint density at radius 3 is 2.70 bits per heavy atom. The fraction of sp³-hybridized carbons (Fsp3) is 0.474. The van der Waals surface area contributed by atoms with Crippen LogP contribution in [0.4, 0.5) is 10.8 Å². The van der Waals surface area contributed by atoms with E-state index in [2.05, 4.69) is 4.98 Å². The number of anilines is 2. The molecule has 4 heteroatoms. The molecule has 0 unspecified atom stereocenters. The highest BCUT2D eigenvalue weighted by molar-refractivity contribution is 7.14. The van der Waals surface area contributed by atoms with Crippen molar-refractivity contribution in [3.8, 4) is 0 Å². The van der Waals surface area contributed by atoms with Crippen LogP contribution >= 0.6 is 11.3 Å². The summed E-state index contributed by atoms with van der Waals surface area (Å²) in [6.45, 7) is 1.98. The van der Waals surface area contributed by atoms with Gasteiger partial charge in [-0.3, -0.25) is 9.69 Å². The first-order chi connectivity index (χ1) is 11.2. The van der Waals surface area contributed by atoms with Gasteiger partial charge in [-0.2, -0.15) is 0 Å². The van der Waals surface area contributed by atoms with E-state index in [4.69, 9.17) is 0 Å². The quantitative estimate of drug-likeness (QED) is 0.797. The maximum atomic E-state index is 13.1. The third kappa shape index (κ3) is 2.92. The summed E-state index contributed by atoms with van der Waals surface area (Å²) in [4.78, 5) is 19.5. The molecule has 2 aliphatic rings. The van der Waals surface area contributed by atoms with Gasteiger partial charge in [0.2, 0.25) is 5.91 Å². The lowest BCUT2D eigenvalue weighted by molar-refractivity contribution is -0.119. The molecule has 3 nitrogen and oxygen atoms in total. The fourth-order valence-corrected chi connectivity index (χ4v) is 5.16. The first-order valence-electron chi connectivity index (χ1n) is 8.51. The van der Waals surface area contributed by atoms with Crippen LogP contribution in [0.15, 0.2) is 35.7 Å². The molecule has 0 spiro atoms. The van der Waals surface area contributed by atoms with Crippen LogP contribution in [0.2, 0.25) is 0 Å². The van der Waals surface area contributed by atoms with Gasteiger partial charge in [0, 0.05) is 11.8 Å². The van der Waals surface area contributed by atoms with Crippen LogP contribution < -0.4 is 4.90 Å². The number of nitrogens with zero attached hydrogens (tertiary/aromatic N) is 2. The Morgan fingerprint density at radius 1 is 1.26 bits per heavy atom. The summed E-state index contributed by atoms with van der Waals surface area (Å²) in [5.41, 5.74) is 1.90. The topological polar surface area (TPSA) is 33.2 Å². The maximum absolute atomic E-state index is 13.1. The molecule has 120 valence electrons. The number of rotatable bonds is 4. The SMILES string of the molecule is Cc1csc(N(C(=O)C[C@@H]2C[C@@H]3CC[C@@H]2C3)c2ccccc2)n1. The lowest BCUT2D eigenvalue weighted by Gasteiger charge is -2.25. The molecule has 0 N–H and O–H groups in total. The van der Waals surface area contributed by atoms with Crippen molar-refractivity contribution in [1.29, 1.82) is 0 Å². The second kappa shape index (κ2) is 6.08. The lowest BCUT2D eigenvalue weighted by Crippen LogP contribution is -2.29. The fourth-order valence-electron chi connectivity index (χ4n) is 4.32. The zero-order chi connectivity index (χ0) is 15.8. The van der Waals surface area contributed by atoms with Gasteiger partial charge in [0.05, 0.1) is 11.4 Å². The summed E-state index contributed by atoms with van der Waals surface area (Å²) in [5.74, 6) is 2.43. The number of aryl methyl sites for hydroxylation is 1. The number of aromatic nitrogens is 1. The van der Waals surface area contributed by atoms with E-state index in [9.17, 15) is 4.79 Å². The largest absolute Gasteiger partial charge is 0.274 e. The van der Waals surface area contributed by atoms with Gasteiger partial charge in [0.1, 0.15) is 0 Å². The monoisotopic (exact) mass is 326 g/mol. The van der Waals surface area contributed by atoms with E-state index in [0.717, 1.165) is 28.3 Å². The molecule has 2 bridgehead atoms. The van der Waals surface area contributed by atoms with Crippen molar-refractivity contribution in [3.63, 3.8) is 0 Å². The summed E-state index contributed by atoms with van der Waals surface area (Å²) in [5, 5.41) is 2.80. The molecule has 1 heterocycles. The number of carbonyl (C=O) groups is 1. The van der Waals surface area contributed by atoms with Crippen LogP contribution in [0.3, 0.4) is 0 Å². The molecule has 0 saturated heterocycles. The highest BCUT2D eigenvalue weighted by Gasteiger charge is 2.41. The highest BCUT2D eigenvalue weighted by Crippen LogP contribution is 2.50. The van der Waals surface area contributed by atoms with Crippen molar-refractivity contribution in [3.05, 3.63) is 41.4 Å². The standard InChI is InChI=1S/C19H22N2OS/c1-13-12-23-19(20-13)21(17-5-3-2-4-6-17)18(22)11-16-10-14-7-8-15(16)9-14/h2-6,12,14-16H,7-11H2,1H3/t14-,15-,16+/m1/s1. The van der Waals surface area contributed by atoms with Crippen molar-refractivity contribution in [2.45, 2.75) is 39.0 Å². The zero-order valence-corrected chi connectivity index (χ0v) is 14.3. The summed E-state index contributed by atoms with van der Waals surface area (Å²) in [7, 11) is 0. The molecule has 2 saturated carbocycles. The summed E-state index contributed by atoms with van der Waals surface area (Å²) < 4.78 is 0. The van der Waals surface area contributed by atoms with Gasteiger partial charge in [-0.15, -0.1) is 11.3 Å². The van der Waals surface area contributed by atoms with Crippen molar-refractivity contribution in [2.75, 3.05) is 4.90 Å². The van der Waals surface area contributed by atoms with E-state index in [1.807, 2.05) is 47.5 Å². The Kier molecular flexibility index (Phi) is 3.93. The van der Waals surface area contributed by atoms with Crippen LogP contribution in [-0.2, 0) is 4.79 Å². The average Bonchev–Trinajstić information content (AvgIpc) is 3.26. The molecule has 2 aromatic rings. The number of benzene rings is 1. The van der Waals surface area contributed by atoms with Crippen LogP contribution in [-0.4, -0.2) is 10.9 Å². The molecular weight excluding hydrogens is 304 g/mol. The normalized spacial score (nSPS) is 25.7. The van der Waals surface area contributed by atoms with Gasteiger partial charge < -0.3 is 0 Å². The second-order valence-corrected chi connectivity index (χ2v) is 7.81. The van der Waals surface area contributed by atoms with E-state index in [1.165, 1.54) is 25.7 Å². The van der Waals surface area contributed by atoms with E-state index < -0.39 is 0 Å². The van der Waals surface area contributed by atoms with Gasteiger partial charge in [0.15, 0.2) is 5.13 Å². The van der Waals surface area contributed by atoms with Crippen LogP contribution in [0.25, 0.3) is 0 Å². The number of para-hydroxylation sites is 1. The molecule has 1 aromatic carbocycles. The number of amides is 1. The number of hydrogen-bond donors (Lipinski definition) is 0. The first-order valence-corrected chi connectivity index (χ1v) is 9.39. The Hall–Kier alpha value is -1.68. The van der Waals surface area contributed by atoms with Crippen LogP contribution in [0, 0.1) is 24.7 Å². The lowest BCUT2D eigenvalue weighted by atomic mass is 9.86. The molecule has 0 aliphatic heterocycles. The van der Waals surface area contributed by atoms with E-state index in [1.54, 1.807) is 11.3 Å². The maximum Gasteiger partial charge on any atom is 0.233 e. The molecule has 0 radical (unpaired) electrons. The Bertz CT molecular complexity index is 696. The third-order valence-electron chi connectivity index (χ3n) is 5.38. The molecule has 1 amide bonds. The average molecular weight is 326 g/mol. The molecule has 2 fully saturated rings. The van der Waals surface area contributed by atoms with Gasteiger partial charge in [-0.25, -0.2) is 4.98 Å². The van der Waals surface area contributed by atoms with Gasteiger partial charge >= 0.3 is 0 Å². The molecule has 1 aromatic heterocycles. The number of hydrogen-bond acceptors (Lipinski definition) is 3. The Labute approximate surface area is 141 Å². The number of thiazole rings is 1. The third-order valence-corrected chi connectivity index (χ3v) is 6.33. The Balaban J connectivity index is 1.58. The minimum absolute atomic E-state index is 0.197.